The van der Waals surface area contributed by atoms with Gasteiger partial charge in [0.2, 0.25) is 0 Å². The van der Waals surface area contributed by atoms with Crippen LogP contribution in [0.3, 0.4) is 0 Å². The molecule has 0 unspecified atom stereocenters. The summed E-state index contributed by atoms with van der Waals surface area (Å²) in [5, 5.41) is 0.664. The Morgan fingerprint density at radius 2 is 2.12 bits per heavy atom. The van der Waals surface area contributed by atoms with E-state index in [0.717, 1.165) is 36.3 Å². The monoisotopic (exact) mass is 239 g/mol. The third-order valence-electron chi connectivity index (χ3n) is 2.73. The van der Waals surface area contributed by atoms with Gasteiger partial charge in [-0.05, 0) is 56.3 Å². The first-order valence-electron chi connectivity index (χ1n) is 5.95. The summed E-state index contributed by atoms with van der Waals surface area (Å²) in [5.74, 6) is -0.0536. The van der Waals surface area contributed by atoms with E-state index in [2.05, 4.69) is 0 Å². The molecule has 0 bridgehead atoms. The molecule has 0 heterocycles. The number of unbranched alkanes of at least 4 members (excludes halogenated alkanes) is 1. The zero-order valence-corrected chi connectivity index (χ0v) is 10.2. The van der Waals surface area contributed by atoms with Crippen LogP contribution in [0.15, 0.2) is 23.1 Å². The highest BCUT2D eigenvalue weighted by atomic mass is 32.2. The average Bonchev–Trinajstić information content (AvgIpc) is 3.06. The largest absolute Gasteiger partial charge is 0.330 e. The molecule has 2 N–H and O–H groups in total. The molecule has 0 saturated heterocycles. The van der Waals surface area contributed by atoms with Gasteiger partial charge in [-0.1, -0.05) is 6.07 Å². The van der Waals surface area contributed by atoms with Crippen molar-refractivity contribution in [3.05, 3.63) is 29.6 Å². The molecule has 1 aliphatic rings. The molecule has 1 fully saturated rings. The molecule has 0 amide bonds. The summed E-state index contributed by atoms with van der Waals surface area (Å²) in [5.41, 5.74) is 6.52. The van der Waals surface area contributed by atoms with Crippen molar-refractivity contribution in [2.45, 2.75) is 42.2 Å². The number of thioether (sulfide) groups is 1. The van der Waals surface area contributed by atoms with Crippen LogP contribution in [0.4, 0.5) is 4.39 Å². The Morgan fingerprint density at radius 1 is 1.31 bits per heavy atom. The maximum absolute atomic E-state index is 13.7. The molecule has 1 saturated carbocycles. The standard InChI is InChI=1S/C13H18FNS/c14-12-9-10(3-1-2-8-15)4-7-13(12)16-11-5-6-11/h4,7,9,11H,1-3,5-6,8,15H2. The van der Waals surface area contributed by atoms with Crippen molar-refractivity contribution in [3.8, 4) is 0 Å². The van der Waals surface area contributed by atoms with Gasteiger partial charge >= 0.3 is 0 Å². The normalized spacial score (nSPS) is 15.4. The molecule has 1 nitrogen and oxygen atoms in total. The van der Waals surface area contributed by atoms with Gasteiger partial charge in [-0.25, -0.2) is 4.39 Å². The Morgan fingerprint density at radius 3 is 2.75 bits per heavy atom. The topological polar surface area (TPSA) is 26.0 Å². The van der Waals surface area contributed by atoms with Gasteiger partial charge in [0, 0.05) is 10.1 Å². The summed E-state index contributed by atoms with van der Waals surface area (Å²) in [7, 11) is 0. The first-order chi connectivity index (χ1) is 7.79. The second-order valence-corrected chi connectivity index (χ2v) is 5.67. The van der Waals surface area contributed by atoms with Gasteiger partial charge in [-0.3, -0.25) is 0 Å². The van der Waals surface area contributed by atoms with E-state index < -0.39 is 0 Å². The van der Waals surface area contributed by atoms with Crippen LogP contribution in [0.2, 0.25) is 0 Å². The minimum atomic E-state index is -0.0536. The van der Waals surface area contributed by atoms with Crippen LogP contribution in [0, 0.1) is 5.82 Å². The van der Waals surface area contributed by atoms with Gasteiger partial charge in [0.1, 0.15) is 5.82 Å². The third-order valence-corrected chi connectivity index (χ3v) is 4.12. The summed E-state index contributed by atoms with van der Waals surface area (Å²) in [4.78, 5) is 0.810. The van der Waals surface area contributed by atoms with Gasteiger partial charge in [0.05, 0.1) is 0 Å². The molecule has 0 aliphatic heterocycles. The van der Waals surface area contributed by atoms with Crippen LogP contribution in [-0.4, -0.2) is 11.8 Å². The van der Waals surface area contributed by atoms with Crippen molar-refractivity contribution >= 4 is 11.8 Å². The highest BCUT2D eigenvalue weighted by Gasteiger charge is 2.23. The number of hydrogen-bond donors (Lipinski definition) is 1. The number of halogens is 1. The molecule has 2 rings (SSSR count). The van der Waals surface area contributed by atoms with Gasteiger partial charge in [-0.15, -0.1) is 11.8 Å². The zero-order chi connectivity index (χ0) is 11.4. The molecule has 0 spiro atoms. The summed E-state index contributed by atoms with van der Waals surface area (Å²) in [6, 6.07) is 5.65. The van der Waals surface area contributed by atoms with Gasteiger partial charge in [-0.2, -0.15) is 0 Å². The third kappa shape index (κ3) is 3.49. The second-order valence-electron chi connectivity index (χ2n) is 4.33. The predicted molar refractivity (Wildman–Crippen MR) is 67.3 cm³/mol. The first kappa shape index (κ1) is 11.9. The Balaban J connectivity index is 1.92. The van der Waals surface area contributed by atoms with E-state index in [1.165, 1.54) is 12.8 Å². The highest BCUT2D eigenvalue weighted by molar-refractivity contribution is 8.00. The van der Waals surface area contributed by atoms with Crippen LogP contribution in [0.25, 0.3) is 0 Å². The maximum Gasteiger partial charge on any atom is 0.137 e. The summed E-state index contributed by atoms with van der Waals surface area (Å²) >= 11 is 1.68. The van der Waals surface area contributed by atoms with Crippen molar-refractivity contribution in [1.82, 2.24) is 0 Å². The molecular weight excluding hydrogens is 221 g/mol. The van der Waals surface area contributed by atoms with Crippen LogP contribution < -0.4 is 5.73 Å². The fourth-order valence-electron chi connectivity index (χ4n) is 1.63. The number of benzene rings is 1. The van der Waals surface area contributed by atoms with Crippen LogP contribution >= 0.6 is 11.8 Å². The van der Waals surface area contributed by atoms with Crippen LogP contribution in [-0.2, 0) is 6.42 Å². The van der Waals surface area contributed by atoms with Crippen molar-refractivity contribution < 1.29 is 4.39 Å². The molecule has 88 valence electrons. The molecule has 1 aromatic rings. The van der Waals surface area contributed by atoms with E-state index in [1.54, 1.807) is 17.8 Å². The number of hydrogen-bond acceptors (Lipinski definition) is 2. The van der Waals surface area contributed by atoms with Crippen molar-refractivity contribution in [2.75, 3.05) is 6.54 Å². The molecule has 0 aromatic heterocycles. The van der Waals surface area contributed by atoms with Crippen molar-refractivity contribution in [2.24, 2.45) is 5.73 Å². The molecule has 0 radical (unpaired) electrons. The van der Waals surface area contributed by atoms with E-state index in [-0.39, 0.29) is 5.82 Å². The lowest BCUT2D eigenvalue weighted by molar-refractivity contribution is 0.598. The smallest absolute Gasteiger partial charge is 0.137 e. The molecule has 0 atom stereocenters. The fraction of sp³-hybridized carbons (Fsp3) is 0.538. The van der Waals surface area contributed by atoms with E-state index in [9.17, 15) is 4.39 Å². The lowest BCUT2D eigenvalue weighted by Crippen LogP contribution is -1.99. The molecular formula is C13H18FNS. The average molecular weight is 239 g/mol. The van der Waals surface area contributed by atoms with Crippen molar-refractivity contribution in [1.29, 1.82) is 0 Å². The predicted octanol–water partition coefficient (Wildman–Crippen LogP) is 3.36. The minimum Gasteiger partial charge on any atom is -0.330 e. The SMILES string of the molecule is NCCCCc1ccc(SC2CC2)c(F)c1. The second kappa shape index (κ2) is 5.69. The first-order valence-corrected chi connectivity index (χ1v) is 6.82. The quantitative estimate of drug-likeness (QED) is 0.770. The van der Waals surface area contributed by atoms with Crippen LogP contribution in [0.5, 0.6) is 0 Å². The molecule has 16 heavy (non-hydrogen) atoms. The number of aryl methyl sites for hydroxylation is 1. The van der Waals surface area contributed by atoms with Crippen LogP contribution in [0.1, 0.15) is 31.2 Å². The lowest BCUT2D eigenvalue weighted by Gasteiger charge is -2.05. The van der Waals surface area contributed by atoms with Gasteiger partial charge in [0.15, 0.2) is 0 Å². The van der Waals surface area contributed by atoms with Gasteiger partial charge < -0.3 is 5.73 Å². The van der Waals surface area contributed by atoms with E-state index in [1.807, 2.05) is 12.1 Å². The number of nitrogens with two attached hydrogens (primary N) is 1. The fourth-order valence-corrected chi connectivity index (χ4v) is 2.68. The summed E-state index contributed by atoms with van der Waals surface area (Å²) in [6.45, 7) is 0.720. The van der Waals surface area contributed by atoms with Gasteiger partial charge in [0.25, 0.3) is 0 Å². The maximum atomic E-state index is 13.7. The molecule has 1 aliphatic carbocycles. The minimum absolute atomic E-state index is 0.0536. The Bertz CT molecular complexity index is 350. The Labute approximate surface area is 101 Å². The number of rotatable bonds is 6. The summed E-state index contributed by atoms with van der Waals surface area (Å²) in [6.07, 6.45) is 5.47. The molecule has 1 aromatic carbocycles. The molecule has 3 heteroatoms. The highest BCUT2D eigenvalue weighted by Crippen LogP contribution is 2.40. The Hall–Kier alpha value is -0.540. The Kier molecular flexibility index (Phi) is 4.24. The van der Waals surface area contributed by atoms with E-state index in [4.69, 9.17) is 5.73 Å². The van der Waals surface area contributed by atoms with Crippen molar-refractivity contribution in [3.63, 3.8) is 0 Å². The van der Waals surface area contributed by atoms with E-state index in [0.29, 0.717) is 5.25 Å². The van der Waals surface area contributed by atoms with E-state index >= 15 is 0 Å². The summed E-state index contributed by atoms with van der Waals surface area (Å²) < 4.78 is 13.7. The lowest BCUT2D eigenvalue weighted by atomic mass is 10.1. The zero-order valence-electron chi connectivity index (χ0n) is 9.42.